The first-order valence-corrected chi connectivity index (χ1v) is 7.09. The van der Waals surface area contributed by atoms with Crippen LogP contribution in [0.25, 0.3) is 11.3 Å². The average Bonchev–Trinajstić information content (AvgIpc) is 2.48. The Labute approximate surface area is 129 Å². The van der Waals surface area contributed by atoms with E-state index in [0.29, 0.717) is 12.2 Å². The summed E-state index contributed by atoms with van der Waals surface area (Å²) in [7, 11) is 0. The first kappa shape index (κ1) is 15.9. The molecule has 6 nitrogen and oxygen atoms in total. The topological polar surface area (TPSA) is 87.1 Å². The van der Waals surface area contributed by atoms with Crippen LogP contribution >= 0.6 is 0 Å². The lowest BCUT2D eigenvalue weighted by molar-refractivity contribution is 0.218. The molecule has 1 heterocycles. The highest BCUT2D eigenvalue weighted by molar-refractivity contribution is 5.88. The van der Waals surface area contributed by atoms with Crippen molar-refractivity contribution in [3.05, 3.63) is 42.5 Å². The maximum Gasteiger partial charge on any atom is 0.320 e. The minimum absolute atomic E-state index is 0.0128. The second-order valence-electron chi connectivity index (χ2n) is 5.61. The Hall–Kier alpha value is -2.47. The van der Waals surface area contributed by atoms with Crippen LogP contribution < -0.4 is 10.6 Å². The predicted octanol–water partition coefficient (Wildman–Crippen LogP) is 2.43. The molecule has 6 heteroatoms. The van der Waals surface area contributed by atoms with Gasteiger partial charge in [0.25, 0.3) is 0 Å². The third-order valence-corrected chi connectivity index (χ3v) is 3.16. The zero-order valence-electron chi connectivity index (χ0n) is 12.7. The number of hydrogen-bond acceptors (Lipinski definition) is 4. The van der Waals surface area contributed by atoms with Crippen molar-refractivity contribution < 1.29 is 9.90 Å². The normalized spacial score (nSPS) is 11.0. The van der Waals surface area contributed by atoms with Gasteiger partial charge in [-0.05, 0) is 32.4 Å². The van der Waals surface area contributed by atoms with Gasteiger partial charge in [0.15, 0.2) is 5.82 Å². The Morgan fingerprint density at radius 1 is 1.14 bits per heavy atom. The molecule has 0 aliphatic heterocycles. The van der Waals surface area contributed by atoms with Gasteiger partial charge in [0.2, 0.25) is 0 Å². The second-order valence-corrected chi connectivity index (χ2v) is 5.61. The van der Waals surface area contributed by atoms with E-state index in [9.17, 15) is 4.79 Å². The molecule has 0 atom stereocenters. The Balaban J connectivity index is 1.98. The van der Waals surface area contributed by atoms with Gasteiger partial charge in [-0.25, -0.2) is 4.79 Å². The van der Waals surface area contributed by atoms with Crippen LogP contribution in [0.15, 0.2) is 42.5 Å². The molecule has 1 aromatic heterocycles. The second kappa shape index (κ2) is 7.00. The lowest BCUT2D eigenvalue weighted by Gasteiger charge is -2.25. The largest absolute Gasteiger partial charge is 0.396 e. The van der Waals surface area contributed by atoms with E-state index in [1.54, 1.807) is 12.1 Å². The summed E-state index contributed by atoms with van der Waals surface area (Å²) in [6.45, 7) is 3.69. The van der Waals surface area contributed by atoms with Crippen molar-refractivity contribution in [1.82, 2.24) is 15.5 Å². The van der Waals surface area contributed by atoms with E-state index >= 15 is 0 Å². The number of aliphatic hydroxyl groups excluding tert-OH is 1. The summed E-state index contributed by atoms with van der Waals surface area (Å²) in [5, 5.41) is 22.5. The SMILES string of the molecule is CC(C)(CCO)NC(=O)Nc1ccc(-c2ccccc2)nn1. The maximum absolute atomic E-state index is 11.9. The van der Waals surface area contributed by atoms with Crippen LogP contribution in [0.5, 0.6) is 0 Å². The van der Waals surface area contributed by atoms with Crippen LogP contribution in [-0.2, 0) is 0 Å². The Morgan fingerprint density at radius 2 is 1.86 bits per heavy atom. The number of hydrogen-bond donors (Lipinski definition) is 3. The molecule has 0 aliphatic carbocycles. The molecule has 2 aromatic rings. The Morgan fingerprint density at radius 3 is 2.45 bits per heavy atom. The number of urea groups is 1. The van der Waals surface area contributed by atoms with Crippen molar-refractivity contribution in [2.45, 2.75) is 25.8 Å². The number of amides is 2. The zero-order chi connectivity index (χ0) is 16.0. The molecule has 1 aromatic carbocycles. The van der Waals surface area contributed by atoms with Crippen LogP contribution in [0.3, 0.4) is 0 Å². The van der Waals surface area contributed by atoms with Gasteiger partial charge in [0, 0.05) is 17.7 Å². The molecule has 0 spiro atoms. The van der Waals surface area contributed by atoms with Crippen molar-refractivity contribution in [3.63, 3.8) is 0 Å². The highest BCUT2D eigenvalue weighted by Gasteiger charge is 2.19. The van der Waals surface area contributed by atoms with Crippen LogP contribution in [0.1, 0.15) is 20.3 Å². The standard InChI is InChI=1S/C16H20N4O2/c1-16(2,10-11-21)18-15(22)17-14-9-8-13(19-20-14)12-6-4-3-5-7-12/h3-9,21H,10-11H2,1-2H3,(H2,17,18,20,22). The minimum atomic E-state index is -0.490. The third kappa shape index (κ3) is 4.53. The summed E-state index contributed by atoms with van der Waals surface area (Å²) in [6, 6.07) is 12.8. The van der Waals surface area contributed by atoms with E-state index in [0.717, 1.165) is 11.3 Å². The van der Waals surface area contributed by atoms with Crippen LogP contribution in [0, 0.1) is 0 Å². The highest BCUT2D eigenvalue weighted by atomic mass is 16.3. The molecule has 0 bridgehead atoms. The van der Waals surface area contributed by atoms with Gasteiger partial charge in [-0.2, -0.15) is 0 Å². The van der Waals surface area contributed by atoms with Gasteiger partial charge in [-0.3, -0.25) is 5.32 Å². The molecular weight excluding hydrogens is 280 g/mol. The highest BCUT2D eigenvalue weighted by Crippen LogP contribution is 2.16. The molecule has 116 valence electrons. The van der Waals surface area contributed by atoms with Gasteiger partial charge < -0.3 is 10.4 Å². The summed E-state index contributed by atoms with van der Waals surface area (Å²) >= 11 is 0. The van der Waals surface area contributed by atoms with E-state index in [1.165, 1.54) is 0 Å². The number of carbonyl (C=O) groups excluding carboxylic acids is 1. The minimum Gasteiger partial charge on any atom is -0.396 e. The zero-order valence-corrected chi connectivity index (χ0v) is 12.7. The van der Waals surface area contributed by atoms with Gasteiger partial charge in [0.05, 0.1) is 5.69 Å². The lowest BCUT2D eigenvalue weighted by Crippen LogP contribution is -2.46. The summed E-state index contributed by atoms with van der Waals surface area (Å²) in [6.07, 6.45) is 0.471. The Bertz CT molecular complexity index is 612. The molecule has 0 unspecified atom stereocenters. The summed E-state index contributed by atoms with van der Waals surface area (Å²) in [4.78, 5) is 11.9. The van der Waals surface area contributed by atoms with Crippen molar-refractivity contribution in [2.24, 2.45) is 0 Å². The fourth-order valence-electron chi connectivity index (χ4n) is 1.96. The predicted molar refractivity (Wildman–Crippen MR) is 85.4 cm³/mol. The van der Waals surface area contributed by atoms with Crippen LogP contribution in [-0.4, -0.2) is 33.5 Å². The van der Waals surface area contributed by atoms with Crippen molar-refractivity contribution in [2.75, 3.05) is 11.9 Å². The van der Waals surface area contributed by atoms with Crippen molar-refractivity contribution in [1.29, 1.82) is 0 Å². The van der Waals surface area contributed by atoms with Gasteiger partial charge in [-0.1, -0.05) is 30.3 Å². The quantitative estimate of drug-likeness (QED) is 0.791. The fourth-order valence-corrected chi connectivity index (χ4v) is 1.96. The molecule has 3 N–H and O–H groups in total. The molecule has 0 saturated carbocycles. The van der Waals surface area contributed by atoms with E-state index in [2.05, 4.69) is 20.8 Å². The summed E-state index contributed by atoms with van der Waals surface area (Å²) in [5.41, 5.74) is 1.22. The number of benzene rings is 1. The number of nitrogens with one attached hydrogen (secondary N) is 2. The van der Waals surface area contributed by atoms with E-state index in [4.69, 9.17) is 5.11 Å². The molecule has 0 fully saturated rings. The maximum atomic E-state index is 11.9. The van der Waals surface area contributed by atoms with E-state index in [-0.39, 0.29) is 12.6 Å². The average molecular weight is 300 g/mol. The van der Waals surface area contributed by atoms with Crippen molar-refractivity contribution >= 4 is 11.8 Å². The fraction of sp³-hybridized carbons (Fsp3) is 0.312. The van der Waals surface area contributed by atoms with Crippen LogP contribution in [0.4, 0.5) is 10.6 Å². The molecule has 2 amide bonds. The number of nitrogens with zero attached hydrogens (tertiary/aromatic N) is 2. The summed E-state index contributed by atoms with van der Waals surface area (Å²) in [5.74, 6) is 0.372. The number of carbonyl (C=O) groups is 1. The molecular formula is C16H20N4O2. The summed E-state index contributed by atoms with van der Waals surface area (Å²) < 4.78 is 0. The molecule has 0 aliphatic rings. The number of anilines is 1. The first-order chi connectivity index (χ1) is 10.5. The van der Waals surface area contributed by atoms with Gasteiger partial charge in [-0.15, -0.1) is 10.2 Å². The first-order valence-electron chi connectivity index (χ1n) is 7.09. The van der Waals surface area contributed by atoms with E-state index in [1.807, 2.05) is 44.2 Å². The van der Waals surface area contributed by atoms with Gasteiger partial charge in [0.1, 0.15) is 0 Å². The number of aromatic nitrogens is 2. The van der Waals surface area contributed by atoms with Crippen LogP contribution in [0.2, 0.25) is 0 Å². The molecule has 2 rings (SSSR count). The monoisotopic (exact) mass is 300 g/mol. The third-order valence-electron chi connectivity index (χ3n) is 3.16. The molecule has 22 heavy (non-hydrogen) atoms. The number of aliphatic hydroxyl groups is 1. The number of rotatable bonds is 5. The van der Waals surface area contributed by atoms with Crippen molar-refractivity contribution in [3.8, 4) is 11.3 Å². The molecule has 0 saturated heterocycles. The lowest BCUT2D eigenvalue weighted by atomic mass is 10.0. The molecule has 0 radical (unpaired) electrons. The Kier molecular flexibility index (Phi) is 5.06. The van der Waals surface area contributed by atoms with E-state index < -0.39 is 5.54 Å². The smallest absolute Gasteiger partial charge is 0.320 e. The van der Waals surface area contributed by atoms with Gasteiger partial charge >= 0.3 is 6.03 Å².